The van der Waals surface area contributed by atoms with Gasteiger partial charge >= 0.3 is 0 Å². The molecule has 0 aliphatic carbocycles. The number of nitriles is 1. The van der Waals surface area contributed by atoms with Crippen LogP contribution in [0, 0.1) is 18.3 Å². The normalized spacial score (nSPS) is 11.5. The van der Waals surface area contributed by atoms with E-state index >= 15 is 0 Å². The summed E-state index contributed by atoms with van der Waals surface area (Å²) < 4.78 is 10.7. The van der Waals surface area contributed by atoms with E-state index in [1.165, 1.54) is 0 Å². The van der Waals surface area contributed by atoms with Crippen LogP contribution >= 0.6 is 11.6 Å². The Labute approximate surface area is 141 Å². The van der Waals surface area contributed by atoms with Crippen molar-refractivity contribution in [1.29, 1.82) is 5.26 Å². The molecular weight excluding hydrogens is 312 g/mol. The second-order valence-electron chi connectivity index (χ2n) is 5.23. The molecule has 0 saturated carbocycles. The lowest BCUT2D eigenvalue weighted by Gasteiger charge is -2.20. The van der Waals surface area contributed by atoms with Gasteiger partial charge in [-0.15, -0.1) is 0 Å². The van der Waals surface area contributed by atoms with Crippen molar-refractivity contribution < 1.29 is 9.47 Å². The maximum absolute atomic E-state index is 9.25. The zero-order chi connectivity index (χ0) is 17.0. The van der Waals surface area contributed by atoms with Gasteiger partial charge in [0, 0.05) is 11.1 Å². The third-order valence-electron chi connectivity index (χ3n) is 3.71. The van der Waals surface area contributed by atoms with Crippen molar-refractivity contribution in [2.24, 2.45) is 0 Å². The van der Waals surface area contributed by atoms with Crippen LogP contribution in [0.5, 0.6) is 11.5 Å². The van der Waals surface area contributed by atoms with Crippen LogP contribution in [-0.4, -0.2) is 14.2 Å². The molecule has 5 heteroatoms. The number of rotatable bonds is 5. The van der Waals surface area contributed by atoms with Crippen LogP contribution in [0.1, 0.15) is 29.7 Å². The van der Waals surface area contributed by atoms with E-state index in [-0.39, 0.29) is 6.04 Å². The highest BCUT2D eigenvalue weighted by Crippen LogP contribution is 2.34. The molecule has 0 bridgehead atoms. The highest BCUT2D eigenvalue weighted by Gasteiger charge is 2.15. The van der Waals surface area contributed by atoms with Gasteiger partial charge in [-0.2, -0.15) is 5.26 Å². The van der Waals surface area contributed by atoms with E-state index in [1.54, 1.807) is 26.4 Å². The summed E-state index contributed by atoms with van der Waals surface area (Å²) in [6, 6.07) is 11.3. The van der Waals surface area contributed by atoms with Crippen molar-refractivity contribution >= 4 is 17.3 Å². The van der Waals surface area contributed by atoms with E-state index in [0.717, 1.165) is 16.8 Å². The van der Waals surface area contributed by atoms with E-state index in [4.69, 9.17) is 21.1 Å². The average molecular weight is 331 g/mol. The average Bonchev–Trinajstić information content (AvgIpc) is 2.55. The Morgan fingerprint density at radius 3 is 2.39 bits per heavy atom. The predicted octanol–water partition coefficient (Wildman–Crippen LogP) is 4.71. The highest BCUT2D eigenvalue weighted by molar-refractivity contribution is 6.30. The predicted molar refractivity (Wildman–Crippen MR) is 92.5 cm³/mol. The molecule has 0 aliphatic heterocycles. The molecule has 0 spiro atoms. The van der Waals surface area contributed by atoms with Gasteiger partial charge in [-0.3, -0.25) is 0 Å². The lowest BCUT2D eigenvalue weighted by molar-refractivity contribution is 0.354. The number of hydrogen-bond acceptors (Lipinski definition) is 4. The van der Waals surface area contributed by atoms with Gasteiger partial charge in [-0.25, -0.2) is 0 Å². The largest absolute Gasteiger partial charge is 0.493 e. The van der Waals surface area contributed by atoms with Crippen LogP contribution in [0.15, 0.2) is 30.3 Å². The fourth-order valence-electron chi connectivity index (χ4n) is 2.51. The number of nitrogens with zero attached hydrogens (tertiary/aromatic N) is 1. The minimum atomic E-state index is -0.0110. The first-order valence-corrected chi connectivity index (χ1v) is 7.56. The summed E-state index contributed by atoms with van der Waals surface area (Å²) in [6.45, 7) is 4.05. The minimum Gasteiger partial charge on any atom is -0.493 e. The summed E-state index contributed by atoms with van der Waals surface area (Å²) in [5.74, 6) is 1.38. The molecule has 120 valence electrons. The quantitative estimate of drug-likeness (QED) is 0.862. The zero-order valence-electron chi connectivity index (χ0n) is 13.6. The van der Waals surface area contributed by atoms with Gasteiger partial charge < -0.3 is 14.8 Å². The first kappa shape index (κ1) is 17.0. The molecule has 2 rings (SSSR count). The fraction of sp³-hybridized carbons (Fsp3) is 0.278. The summed E-state index contributed by atoms with van der Waals surface area (Å²) in [4.78, 5) is 0. The first-order chi connectivity index (χ1) is 11.0. The van der Waals surface area contributed by atoms with Gasteiger partial charge in [0.25, 0.3) is 0 Å². The Morgan fingerprint density at radius 2 is 1.78 bits per heavy atom. The van der Waals surface area contributed by atoms with Gasteiger partial charge in [-0.05, 0) is 55.3 Å². The number of halogens is 1. The molecule has 0 fully saturated rings. The number of hydrogen-bond donors (Lipinski definition) is 1. The van der Waals surface area contributed by atoms with Gasteiger partial charge in [-0.1, -0.05) is 11.6 Å². The van der Waals surface area contributed by atoms with Crippen LogP contribution in [-0.2, 0) is 0 Å². The summed E-state index contributed by atoms with van der Waals surface area (Å²) in [5.41, 5.74) is 3.41. The zero-order valence-corrected chi connectivity index (χ0v) is 14.4. The Kier molecular flexibility index (Phi) is 5.36. The van der Waals surface area contributed by atoms with Crippen LogP contribution in [0.4, 0.5) is 5.69 Å². The fourth-order valence-corrected chi connectivity index (χ4v) is 2.68. The molecule has 0 radical (unpaired) electrons. The van der Waals surface area contributed by atoms with Crippen LogP contribution in [0.25, 0.3) is 0 Å². The highest BCUT2D eigenvalue weighted by atomic mass is 35.5. The standard InChI is InChI=1S/C18H19ClN2O2/c1-11-7-17(22-3)18(23-4)9-15(11)12(2)21-16-6-5-14(19)8-13(16)10-20/h5-9,12,21H,1-4H3. The molecule has 0 aromatic heterocycles. The molecule has 0 aliphatic rings. The molecule has 1 N–H and O–H groups in total. The molecule has 0 amide bonds. The van der Waals surface area contributed by atoms with Crippen LogP contribution < -0.4 is 14.8 Å². The molecular formula is C18H19ClN2O2. The third-order valence-corrected chi connectivity index (χ3v) is 3.95. The smallest absolute Gasteiger partial charge is 0.161 e. The van der Waals surface area contributed by atoms with E-state index in [0.29, 0.717) is 22.1 Å². The van der Waals surface area contributed by atoms with Gasteiger partial charge in [0.1, 0.15) is 6.07 Å². The minimum absolute atomic E-state index is 0.0110. The second-order valence-corrected chi connectivity index (χ2v) is 5.67. The van der Waals surface area contributed by atoms with Gasteiger partial charge in [0.05, 0.1) is 25.5 Å². The Morgan fingerprint density at radius 1 is 1.13 bits per heavy atom. The van der Waals surface area contributed by atoms with Crippen molar-refractivity contribution in [3.63, 3.8) is 0 Å². The van der Waals surface area contributed by atoms with Crippen molar-refractivity contribution in [3.05, 3.63) is 52.0 Å². The summed E-state index contributed by atoms with van der Waals surface area (Å²) in [5, 5.41) is 13.1. The van der Waals surface area contributed by atoms with Crippen molar-refractivity contribution in [1.82, 2.24) is 0 Å². The topological polar surface area (TPSA) is 54.3 Å². The van der Waals surface area contributed by atoms with E-state index in [2.05, 4.69) is 11.4 Å². The summed E-state index contributed by atoms with van der Waals surface area (Å²) in [6.07, 6.45) is 0. The molecule has 0 saturated heterocycles. The van der Waals surface area contributed by atoms with E-state index in [1.807, 2.05) is 32.0 Å². The van der Waals surface area contributed by atoms with Crippen molar-refractivity contribution in [2.75, 3.05) is 19.5 Å². The number of benzene rings is 2. The van der Waals surface area contributed by atoms with Crippen LogP contribution in [0.3, 0.4) is 0 Å². The molecule has 1 atom stereocenters. The molecule has 2 aromatic carbocycles. The van der Waals surface area contributed by atoms with E-state index < -0.39 is 0 Å². The maximum Gasteiger partial charge on any atom is 0.161 e. The molecule has 1 unspecified atom stereocenters. The number of aryl methyl sites for hydroxylation is 1. The number of methoxy groups -OCH3 is 2. The molecule has 0 heterocycles. The Balaban J connectivity index is 2.35. The number of ether oxygens (including phenoxy) is 2. The number of anilines is 1. The summed E-state index contributed by atoms with van der Waals surface area (Å²) in [7, 11) is 3.23. The lowest BCUT2D eigenvalue weighted by Crippen LogP contribution is -2.10. The molecule has 23 heavy (non-hydrogen) atoms. The lowest BCUT2D eigenvalue weighted by atomic mass is 10.0. The van der Waals surface area contributed by atoms with Crippen molar-refractivity contribution in [2.45, 2.75) is 19.9 Å². The maximum atomic E-state index is 9.25. The van der Waals surface area contributed by atoms with Gasteiger partial charge in [0.2, 0.25) is 0 Å². The third kappa shape index (κ3) is 3.69. The number of nitrogens with one attached hydrogen (secondary N) is 1. The van der Waals surface area contributed by atoms with Crippen LogP contribution in [0.2, 0.25) is 5.02 Å². The molecule has 2 aromatic rings. The van der Waals surface area contributed by atoms with Gasteiger partial charge in [0.15, 0.2) is 11.5 Å². The monoisotopic (exact) mass is 330 g/mol. The SMILES string of the molecule is COc1cc(C)c(C(C)Nc2ccc(Cl)cc2C#N)cc1OC. The van der Waals surface area contributed by atoms with Crippen molar-refractivity contribution in [3.8, 4) is 17.6 Å². The first-order valence-electron chi connectivity index (χ1n) is 7.18. The Hall–Kier alpha value is -2.38. The Bertz CT molecular complexity index is 753. The van der Waals surface area contributed by atoms with E-state index in [9.17, 15) is 5.26 Å². The molecule has 4 nitrogen and oxygen atoms in total. The summed E-state index contributed by atoms with van der Waals surface area (Å²) >= 11 is 5.94. The second kappa shape index (κ2) is 7.26.